The molecule has 1 aliphatic rings. The van der Waals surface area contributed by atoms with Gasteiger partial charge in [-0.1, -0.05) is 29.8 Å². The van der Waals surface area contributed by atoms with Gasteiger partial charge in [0.05, 0.1) is 18.1 Å². The number of nitrogens with zero attached hydrogens (tertiary/aromatic N) is 3. The molecule has 212 valence electrons. The van der Waals surface area contributed by atoms with Gasteiger partial charge in [0, 0.05) is 43.6 Å². The van der Waals surface area contributed by atoms with Crippen LogP contribution in [0.15, 0.2) is 78.0 Å². The summed E-state index contributed by atoms with van der Waals surface area (Å²) >= 11 is 6.01. The highest BCUT2D eigenvalue weighted by Crippen LogP contribution is 2.21. The molecule has 0 aliphatic carbocycles. The van der Waals surface area contributed by atoms with Crippen LogP contribution in [0.5, 0.6) is 5.75 Å². The number of carbonyl (C=O) groups is 2. The van der Waals surface area contributed by atoms with Gasteiger partial charge in [0.2, 0.25) is 15.9 Å². The third-order valence-corrected chi connectivity index (χ3v) is 8.58. The molecule has 0 spiro atoms. The molecule has 0 saturated carbocycles. The van der Waals surface area contributed by atoms with E-state index < -0.39 is 22.0 Å². The largest absolute Gasteiger partial charge is 0.484 e. The molecule has 10 nitrogen and oxygen atoms in total. The Labute approximate surface area is 238 Å². The Hall–Kier alpha value is -3.51. The van der Waals surface area contributed by atoms with Gasteiger partial charge in [0.1, 0.15) is 11.8 Å². The average molecular weight is 587 g/mol. The van der Waals surface area contributed by atoms with Crippen molar-refractivity contribution in [1.82, 2.24) is 19.5 Å². The second kappa shape index (κ2) is 13.7. The SMILES string of the molecule is C[C@@H](C(=O)NCc1cccnc1)N(Cc1ccc(Cl)cc1)C(=O)COc1ccc(S(=O)(=O)N2CCOCC2)cc1. The standard InChI is InChI=1S/C28H31ClN4O6S/c1-21(28(35)31-18-23-3-2-12-30-17-23)33(19-22-4-6-24(29)7-5-22)27(34)20-39-25-8-10-26(11-9-25)40(36,37)32-13-15-38-16-14-32/h2-12,17,21H,13-16,18-20H2,1H3,(H,31,35)/t21-/m0/s1. The van der Waals surface area contributed by atoms with Crippen molar-refractivity contribution in [2.75, 3.05) is 32.9 Å². The van der Waals surface area contributed by atoms with Crippen LogP contribution in [0.4, 0.5) is 0 Å². The fourth-order valence-electron chi connectivity index (χ4n) is 4.08. The maximum absolute atomic E-state index is 13.3. The number of carbonyl (C=O) groups excluding carboxylic acids is 2. The summed E-state index contributed by atoms with van der Waals surface area (Å²) in [4.78, 5) is 31.9. The van der Waals surface area contributed by atoms with Crippen LogP contribution in [0.25, 0.3) is 0 Å². The lowest BCUT2D eigenvalue weighted by Crippen LogP contribution is -2.48. The molecule has 2 amide bonds. The van der Waals surface area contributed by atoms with E-state index in [1.165, 1.54) is 33.5 Å². The van der Waals surface area contributed by atoms with Gasteiger partial charge in [0.15, 0.2) is 6.61 Å². The van der Waals surface area contributed by atoms with Crippen LogP contribution in [0, 0.1) is 0 Å². The molecule has 2 heterocycles. The number of benzene rings is 2. The number of ether oxygens (including phenoxy) is 2. The van der Waals surface area contributed by atoms with Crippen LogP contribution >= 0.6 is 11.6 Å². The summed E-state index contributed by atoms with van der Waals surface area (Å²) in [7, 11) is -3.64. The Balaban J connectivity index is 1.41. The zero-order valence-corrected chi connectivity index (χ0v) is 23.6. The van der Waals surface area contributed by atoms with Gasteiger partial charge in [-0.05, 0) is 60.5 Å². The highest BCUT2D eigenvalue weighted by atomic mass is 35.5. The highest BCUT2D eigenvalue weighted by Gasteiger charge is 2.28. The van der Waals surface area contributed by atoms with Gasteiger partial charge in [0.25, 0.3) is 5.91 Å². The van der Waals surface area contributed by atoms with Crippen LogP contribution < -0.4 is 10.1 Å². The molecule has 3 aromatic rings. The molecule has 4 rings (SSSR count). The zero-order chi connectivity index (χ0) is 28.5. The Morgan fingerprint density at radius 3 is 2.42 bits per heavy atom. The predicted molar refractivity (Wildman–Crippen MR) is 149 cm³/mol. The Morgan fingerprint density at radius 1 is 1.07 bits per heavy atom. The molecule has 1 atom stereocenters. The van der Waals surface area contributed by atoms with Crippen LogP contribution in [0.2, 0.25) is 5.02 Å². The minimum absolute atomic E-state index is 0.136. The first-order valence-corrected chi connectivity index (χ1v) is 14.6. The molecule has 1 fully saturated rings. The minimum atomic E-state index is -3.64. The van der Waals surface area contributed by atoms with E-state index in [1.807, 2.05) is 6.07 Å². The van der Waals surface area contributed by atoms with E-state index in [2.05, 4.69) is 10.3 Å². The number of sulfonamides is 1. The number of rotatable bonds is 11. The highest BCUT2D eigenvalue weighted by molar-refractivity contribution is 7.89. The van der Waals surface area contributed by atoms with E-state index in [0.29, 0.717) is 37.1 Å². The molecule has 2 aromatic carbocycles. The molecule has 1 aliphatic heterocycles. The first-order valence-electron chi connectivity index (χ1n) is 12.8. The van der Waals surface area contributed by atoms with Gasteiger partial charge in [-0.25, -0.2) is 8.42 Å². The second-order valence-corrected chi connectivity index (χ2v) is 11.6. The molecule has 0 bridgehead atoms. The topological polar surface area (TPSA) is 118 Å². The molecular formula is C28H31ClN4O6S. The zero-order valence-electron chi connectivity index (χ0n) is 22.0. The number of aromatic nitrogens is 1. The Bertz CT molecular complexity index is 1380. The van der Waals surface area contributed by atoms with E-state index in [1.54, 1.807) is 49.6 Å². The van der Waals surface area contributed by atoms with Crippen LogP contribution in [-0.2, 0) is 37.4 Å². The third-order valence-electron chi connectivity index (χ3n) is 6.42. The van der Waals surface area contributed by atoms with E-state index >= 15 is 0 Å². The molecule has 40 heavy (non-hydrogen) atoms. The number of hydrogen-bond acceptors (Lipinski definition) is 7. The lowest BCUT2D eigenvalue weighted by molar-refractivity contribution is -0.142. The quantitative estimate of drug-likeness (QED) is 0.367. The Morgan fingerprint density at radius 2 is 1.77 bits per heavy atom. The summed E-state index contributed by atoms with van der Waals surface area (Å²) in [6, 6.07) is 15.8. The molecule has 12 heteroatoms. The summed E-state index contributed by atoms with van der Waals surface area (Å²) < 4.78 is 38.0. The van der Waals surface area contributed by atoms with E-state index in [-0.39, 0.29) is 30.5 Å². The monoisotopic (exact) mass is 586 g/mol. The fraction of sp³-hybridized carbons (Fsp3) is 0.321. The first kappa shape index (κ1) is 29.5. The van der Waals surface area contributed by atoms with Gasteiger partial charge in [-0.3, -0.25) is 14.6 Å². The first-order chi connectivity index (χ1) is 19.2. The van der Waals surface area contributed by atoms with Gasteiger partial charge in [-0.15, -0.1) is 0 Å². The smallest absolute Gasteiger partial charge is 0.261 e. The van der Waals surface area contributed by atoms with Crippen molar-refractivity contribution >= 4 is 33.4 Å². The predicted octanol–water partition coefficient (Wildman–Crippen LogP) is 2.87. The number of nitrogens with one attached hydrogen (secondary N) is 1. The summed E-state index contributed by atoms with van der Waals surface area (Å²) in [5.74, 6) is -0.415. The molecule has 1 N–H and O–H groups in total. The number of amides is 2. The number of morpholine rings is 1. The molecule has 1 aromatic heterocycles. The van der Waals surface area contributed by atoms with Gasteiger partial charge < -0.3 is 19.7 Å². The normalized spacial score (nSPS) is 14.8. The molecular weight excluding hydrogens is 556 g/mol. The van der Waals surface area contributed by atoms with Crippen molar-refractivity contribution in [1.29, 1.82) is 0 Å². The molecule has 1 saturated heterocycles. The maximum atomic E-state index is 13.3. The van der Waals surface area contributed by atoms with E-state index in [0.717, 1.165) is 11.1 Å². The number of halogens is 1. The lowest BCUT2D eigenvalue weighted by atomic mass is 10.1. The number of hydrogen-bond donors (Lipinski definition) is 1. The Kier molecular flexibility index (Phi) is 10.1. The van der Waals surface area contributed by atoms with Crippen LogP contribution in [0.3, 0.4) is 0 Å². The van der Waals surface area contributed by atoms with Crippen LogP contribution in [0.1, 0.15) is 18.1 Å². The second-order valence-electron chi connectivity index (χ2n) is 9.18. The number of pyridine rings is 1. The van der Waals surface area contributed by atoms with Crippen molar-refractivity contribution in [2.24, 2.45) is 0 Å². The minimum Gasteiger partial charge on any atom is -0.484 e. The molecule has 0 radical (unpaired) electrons. The maximum Gasteiger partial charge on any atom is 0.261 e. The lowest BCUT2D eigenvalue weighted by Gasteiger charge is -2.29. The fourth-order valence-corrected chi connectivity index (χ4v) is 5.61. The van der Waals surface area contributed by atoms with Crippen molar-refractivity contribution in [3.8, 4) is 5.75 Å². The van der Waals surface area contributed by atoms with Gasteiger partial charge in [-0.2, -0.15) is 4.31 Å². The average Bonchev–Trinajstić information content (AvgIpc) is 2.99. The van der Waals surface area contributed by atoms with Gasteiger partial charge >= 0.3 is 0 Å². The summed E-state index contributed by atoms with van der Waals surface area (Å²) in [6.07, 6.45) is 3.31. The van der Waals surface area contributed by atoms with Crippen molar-refractivity contribution in [3.63, 3.8) is 0 Å². The summed E-state index contributed by atoms with van der Waals surface area (Å²) in [6.45, 7) is 3.05. The molecule has 0 unspecified atom stereocenters. The van der Waals surface area contributed by atoms with Crippen molar-refractivity contribution in [2.45, 2.75) is 31.0 Å². The van der Waals surface area contributed by atoms with Crippen molar-refractivity contribution in [3.05, 3.63) is 89.2 Å². The summed E-state index contributed by atoms with van der Waals surface area (Å²) in [5, 5.41) is 3.41. The van der Waals surface area contributed by atoms with E-state index in [9.17, 15) is 18.0 Å². The van der Waals surface area contributed by atoms with E-state index in [4.69, 9.17) is 21.1 Å². The van der Waals surface area contributed by atoms with Crippen LogP contribution in [-0.4, -0.2) is 73.4 Å². The summed E-state index contributed by atoms with van der Waals surface area (Å²) in [5.41, 5.74) is 1.63. The third kappa shape index (κ3) is 7.79. The van der Waals surface area contributed by atoms with Crippen molar-refractivity contribution < 1.29 is 27.5 Å².